The number of imidazole rings is 1. The number of carbonyl (C=O) groups excluding carboxylic acids is 2. The van der Waals surface area contributed by atoms with Crippen molar-refractivity contribution in [2.24, 2.45) is 0 Å². The number of nitrogens with zero attached hydrogens (tertiary/aromatic N) is 2. The van der Waals surface area contributed by atoms with Crippen LogP contribution in [0.2, 0.25) is 0 Å². The van der Waals surface area contributed by atoms with Gasteiger partial charge in [0.05, 0.1) is 12.9 Å². The number of amides is 1. The lowest BCUT2D eigenvalue weighted by Crippen LogP contribution is -2.42. The zero-order chi connectivity index (χ0) is 14.6. The summed E-state index contributed by atoms with van der Waals surface area (Å²) in [4.78, 5) is 27.1. The van der Waals surface area contributed by atoms with Gasteiger partial charge in [0.15, 0.2) is 5.69 Å². The molecule has 1 aromatic heterocycles. The van der Waals surface area contributed by atoms with Crippen LogP contribution >= 0.6 is 0 Å². The molecule has 7 heteroatoms. The molecule has 0 saturated heterocycles. The lowest BCUT2D eigenvalue weighted by atomic mass is 10.1. The number of nitrogens with one attached hydrogen (secondary N) is 1. The van der Waals surface area contributed by atoms with Gasteiger partial charge in [-0.2, -0.15) is 0 Å². The molecule has 0 fully saturated rings. The van der Waals surface area contributed by atoms with Gasteiger partial charge < -0.3 is 20.4 Å². The van der Waals surface area contributed by atoms with E-state index in [1.807, 2.05) is 20.8 Å². The predicted octanol–water partition coefficient (Wildman–Crippen LogP) is 0.557. The van der Waals surface area contributed by atoms with Crippen molar-refractivity contribution in [3.8, 4) is 0 Å². The van der Waals surface area contributed by atoms with Crippen molar-refractivity contribution in [2.45, 2.75) is 39.8 Å². The normalized spacial score (nSPS) is 11.2. The topological polar surface area (TPSA) is 99.2 Å². The minimum atomic E-state index is -0.588. The SMILES string of the molecule is CCOC(=O)c1ncn(CC(=O)NC(C)(C)C)c1N. The molecule has 3 N–H and O–H groups in total. The molecule has 0 spiro atoms. The summed E-state index contributed by atoms with van der Waals surface area (Å²) in [5, 5.41) is 2.80. The van der Waals surface area contributed by atoms with E-state index < -0.39 is 5.97 Å². The Labute approximate surface area is 112 Å². The molecule has 0 aliphatic carbocycles. The molecule has 19 heavy (non-hydrogen) atoms. The lowest BCUT2D eigenvalue weighted by Gasteiger charge is -2.20. The van der Waals surface area contributed by atoms with E-state index >= 15 is 0 Å². The Balaban J connectivity index is 2.76. The molecule has 0 saturated carbocycles. The van der Waals surface area contributed by atoms with Crippen molar-refractivity contribution >= 4 is 17.7 Å². The van der Waals surface area contributed by atoms with Crippen molar-refractivity contribution < 1.29 is 14.3 Å². The molecular formula is C12H20N4O3. The molecule has 1 amide bonds. The van der Waals surface area contributed by atoms with Crippen LogP contribution in [0.25, 0.3) is 0 Å². The third kappa shape index (κ3) is 4.27. The maximum Gasteiger partial charge on any atom is 0.360 e. The third-order valence-corrected chi connectivity index (χ3v) is 2.18. The minimum absolute atomic E-state index is 0.00943. The first-order valence-corrected chi connectivity index (χ1v) is 6.03. The Morgan fingerprint density at radius 1 is 1.47 bits per heavy atom. The number of aromatic nitrogens is 2. The summed E-state index contributed by atoms with van der Waals surface area (Å²) in [7, 11) is 0. The number of hydrogen-bond donors (Lipinski definition) is 2. The summed E-state index contributed by atoms with van der Waals surface area (Å²) in [6, 6.07) is 0. The van der Waals surface area contributed by atoms with Crippen LogP contribution in [0.4, 0.5) is 5.82 Å². The highest BCUT2D eigenvalue weighted by Crippen LogP contribution is 2.11. The third-order valence-electron chi connectivity index (χ3n) is 2.18. The smallest absolute Gasteiger partial charge is 0.360 e. The number of nitrogens with two attached hydrogens (primary N) is 1. The van der Waals surface area contributed by atoms with Crippen LogP contribution in [-0.2, 0) is 16.1 Å². The van der Waals surface area contributed by atoms with E-state index in [2.05, 4.69) is 10.3 Å². The van der Waals surface area contributed by atoms with Gasteiger partial charge in [-0.25, -0.2) is 9.78 Å². The number of hydrogen-bond acceptors (Lipinski definition) is 5. The van der Waals surface area contributed by atoms with Crippen molar-refractivity contribution in [1.29, 1.82) is 0 Å². The van der Waals surface area contributed by atoms with Crippen LogP contribution in [0.5, 0.6) is 0 Å². The number of carbonyl (C=O) groups is 2. The Bertz CT molecular complexity index is 474. The highest BCUT2D eigenvalue weighted by molar-refractivity contribution is 5.92. The van der Waals surface area contributed by atoms with Gasteiger partial charge in [-0.3, -0.25) is 4.79 Å². The van der Waals surface area contributed by atoms with Gasteiger partial charge in [0.25, 0.3) is 0 Å². The molecule has 7 nitrogen and oxygen atoms in total. The lowest BCUT2D eigenvalue weighted by molar-refractivity contribution is -0.123. The number of rotatable bonds is 4. The van der Waals surface area contributed by atoms with E-state index in [4.69, 9.17) is 10.5 Å². The maximum absolute atomic E-state index is 11.8. The van der Waals surface area contributed by atoms with Gasteiger partial charge in [0, 0.05) is 5.54 Å². The van der Waals surface area contributed by atoms with Gasteiger partial charge in [0.1, 0.15) is 12.4 Å². The zero-order valence-electron chi connectivity index (χ0n) is 11.7. The van der Waals surface area contributed by atoms with Gasteiger partial charge in [-0.1, -0.05) is 0 Å². The van der Waals surface area contributed by atoms with Crippen molar-refractivity contribution in [1.82, 2.24) is 14.9 Å². The molecule has 0 aromatic carbocycles. The second-order valence-corrected chi connectivity index (χ2v) is 5.12. The van der Waals surface area contributed by atoms with Crippen LogP contribution in [-0.4, -0.2) is 33.6 Å². The summed E-state index contributed by atoms with van der Waals surface area (Å²) in [5.41, 5.74) is 5.48. The maximum atomic E-state index is 11.8. The number of ether oxygens (including phenoxy) is 1. The Kier molecular flexibility index (Phi) is 4.52. The average molecular weight is 268 g/mol. The molecule has 0 bridgehead atoms. The first-order valence-electron chi connectivity index (χ1n) is 6.03. The molecule has 0 unspecified atom stereocenters. The highest BCUT2D eigenvalue weighted by Gasteiger charge is 2.19. The molecule has 0 aliphatic rings. The number of nitrogen functional groups attached to an aromatic ring is 1. The van der Waals surface area contributed by atoms with E-state index in [9.17, 15) is 9.59 Å². The Morgan fingerprint density at radius 3 is 2.63 bits per heavy atom. The summed E-state index contributed by atoms with van der Waals surface area (Å²) in [6.45, 7) is 7.59. The first kappa shape index (κ1) is 15.0. The minimum Gasteiger partial charge on any atom is -0.461 e. The summed E-state index contributed by atoms with van der Waals surface area (Å²) >= 11 is 0. The zero-order valence-corrected chi connectivity index (χ0v) is 11.7. The van der Waals surface area contributed by atoms with E-state index in [1.54, 1.807) is 6.92 Å². The van der Waals surface area contributed by atoms with E-state index in [1.165, 1.54) is 10.9 Å². The second-order valence-electron chi connectivity index (χ2n) is 5.12. The summed E-state index contributed by atoms with van der Waals surface area (Å²) < 4.78 is 6.22. The quantitative estimate of drug-likeness (QED) is 0.777. The van der Waals surface area contributed by atoms with Crippen LogP contribution in [0.15, 0.2) is 6.33 Å². The molecule has 106 valence electrons. The molecule has 1 heterocycles. The van der Waals surface area contributed by atoms with E-state index in [0.717, 1.165) is 0 Å². The van der Waals surface area contributed by atoms with Crippen LogP contribution < -0.4 is 11.1 Å². The predicted molar refractivity (Wildman–Crippen MR) is 70.5 cm³/mol. The van der Waals surface area contributed by atoms with Gasteiger partial charge in [-0.05, 0) is 27.7 Å². The molecule has 1 rings (SSSR count). The fourth-order valence-electron chi connectivity index (χ4n) is 1.49. The summed E-state index contributed by atoms with van der Waals surface area (Å²) in [5.74, 6) is -0.663. The van der Waals surface area contributed by atoms with Crippen molar-refractivity contribution in [2.75, 3.05) is 12.3 Å². The van der Waals surface area contributed by atoms with Gasteiger partial charge >= 0.3 is 5.97 Å². The summed E-state index contributed by atoms with van der Waals surface area (Å²) in [6.07, 6.45) is 1.35. The van der Waals surface area contributed by atoms with Gasteiger partial charge in [0.2, 0.25) is 5.91 Å². The first-order chi connectivity index (χ1) is 8.74. The Hall–Kier alpha value is -2.05. The van der Waals surface area contributed by atoms with Crippen LogP contribution in [0.1, 0.15) is 38.2 Å². The molecule has 0 aliphatic heterocycles. The largest absolute Gasteiger partial charge is 0.461 e. The molecule has 1 aromatic rings. The Morgan fingerprint density at radius 2 is 2.11 bits per heavy atom. The highest BCUT2D eigenvalue weighted by atomic mass is 16.5. The average Bonchev–Trinajstić information content (AvgIpc) is 2.58. The fourth-order valence-corrected chi connectivity index (χ4v) is 1.49. The van der Waals surface area contributed by atoms with Crippen LogP contribution in [0.3, 0.4) is 0 Å². The standard InChI is InChI=1S/C12H20N4O3/c1-5-19-11(18)9-10(13)16(7-14-9)6-8(17)15-12(2,3)4/h7H,5-6,13H2,1-4H3,(H,15,17). The van der Waals surface area contributed by atoms with E-state index in [-0.39, 0.29) is 36.1 Å². The van der Waals surface area contributed by atoms with Crippen molar-refractivity contribution in [3.63, 3.8) is 0 Å². The van der Waals surface area contributed by atoms with Gasteiger partial charge in [-0.15, -0.1) is 0 Å². The molecule has 0 radical (unpaired) electrons. The molecular weight excluding hydrogens is 248 g/mol. The second kappa shape index (κ2) is 5.73. The number of esters is 1. The monoisotopic (exact) mass is 268 g/mol. The van der Waals surface area contributed by atoms with Crippen LogP contribution in [0, 0.1) is 0 Å². The van der Waals surface area contributed by atoms with E-state index in [0.29, 0.717) is 0 Å². The molecule has 0 atom stereocenters. The number of anilines is 1. The van der Waals surface area contributed by atoms with Crippen molar-refractivity contribution in [3.05, 3.63) is 12.0 Å². The fraction of sp³-hybridized carbons (Fsp3) is 0.583.